The molecule has 3 heteroatoms. The summed E-state index contributed by atoms with van der Waals surface area (Å²) in [6, 6.07) is 0.966. The van der Waals surface area contributed by atoms with E-state index in [1.165, 1.54) is 0 Å². The maximum absolute atomic E-state index is 9.13. The van der Waals surface area contributed by atoms with Gasteiger partial charge in [0.1, 0.15) is 0 Å². The highest BCUT2D eigenvalue weighted by molar-refractivity contribution is 6.55. The molecule has 1 N–H and O–H groups in total. The number of methoxy groups -OCH3 is 1. The van der Waals surface area contributed by atoms with Crippen molar-refractivity contribution >= 4 is 8.80 Å². The van der Waals surface area contributed by atoms with Gasteiger partial charge in [-0.1, -0.05) is 13.1 Å². The van der Waals surface area contributed by atoms with Crippen molar-refractivity contribution in [3.63, 3.8) is 0 Å². The summed E-state index contributed by atoms with van der Waals surface area (Å²) in [6.45, 7) is 4.93. The van der Waals surface area contributed by atoms with E-state index >= 15 is 0 Å². The zero-order valence-corrected chi connectivity index (χ0v) is 7.58. The van der Waals surface area contributed by atoms with E-state index < -0.39 is 8.80 Å². The predicted molar refractivity (Wildman–Crippen MR) is 41.6 cm³/mol. The molecule has 56 valence electrons. The highest BCUT2D eigenvalue weighted by atomic mass is 28.3. The number of hydrogen-bond acceptors (Lipinski definition) is 2. The van der Waals surface area contributed by atoms with Crippen LogP contribution in [0, 0.1) is 0 Å². The zero-order chi connectivity index (χ0) is 7.28. The lowest BCUT2D eigenvalue weighted by Gasteiger charge is -2.09. The van der Waals surface area contributed by atoms with Gasteiger partial charge in [0, 0.05) is 15.9 Å². The Bertz CT molecular complexity index is 66.1. The Kier molecular flexibility index (Phi) is 5.04. The Morgan fingerprint density at radius 2 is 2.11 bits per heavy atom. The van der Waals surface area contributed by atoms with Crippen molar-refractivity contribution in [1.29, 1.82) is 0 Å². The van der Waals surface area contributed by atoms with Crippen molar-refractivity contribution < 1.29 is 9.84 Å². The number of aliphatic hydroxyl groups excluding tert-OH is 1. The first kappa shape index (κ1) is 9.14. The van der Waals surface area contributed by atoms with Gasteiger partial charge in [0.2, 0.25) is 0 Å². The maximum atomic E-state index is 9.13. The van der Waals surface area contributed by atoms with E-state index in [-0.39, 0.29) is 6.10 Å². The monoisotopic (exact) mass is 148 g/mol. The van der Waals surface area contributed by atoms with Crippen molar-refractivity contribution in [3.8, 4) is 0 Å². The first-order valence-electron chi connectivity index (χ1n) is 3.33. The molecule has 0 aliphatic carbocycles. The molecule has 0 aliphatic rings. The van der Waals surface area contributed by atoms with Gasteiger partial charge in [0.25, 0.3) is 0 Å². The normalized spacial score (nSPS) is 14.3. The number of aliphatic hydroxyl groups is 1. The highest BCUT2D eigenvalue weighted by Gasteiger charge is 2.05. The lowest BCUT2D eigenvalue weighted by Crippen LogP contribution is -2.19. The Hall–Kier alpha value is 0.137. The number of hydrogen-bond donors (Lipinski definition) is 1. The van der Waals surface area contributed by atoms with Crippen LogP contribution in [-0.4, -0.2) is 33.7 Å². The Morgan fingerprint density at radius 1 is 1.56 bits per heavy atom. The summed E-state index contributed by atoms with van der Waals surface area (Å²) in [4.78, 5) is 0. The van der Waals surface area contributed by atoms with E-state index in [0.717, 1.165) is 6.04 Å². The van der Waals surface area contributed by atoms with E-state index in [2.05, 4.69) is 13.1 Å². The van der Waals surface area contributed by atoms with Gasteiger partial charge in [0.15, 0.2) is 0 Å². The van der Waals surface area contributed by atoms with Crippen molar-refractivity contribution in [1.82, 2.24) is 0 Å². The van der Waals surface area contributed by atoms with Gasteiger partial charge in [-0.2, -0.15) is 0 Å². The molecule has 1 unspecified atom stereocenters. The van der Waals surface area contributed by atoms with Gasteiger partial charge >= 0.3 is 0 Å². The summed E-state index contributed by atoms with van der Waals surface area (Å²) in [5.74, 6) is 0. The van der Waals surface area contributed by atoms with Gasteiger partial charge in [0.05, 0.1) is 12.7 Å². The molecule has 0 bridgehead atoms. The third-order valence-corrected chi connectivity index (χ3v) is 2.59. The van der Waals surface area contributed by atoms with Crippen LogP contribution in [-0.2, 0) is 4.74 Å². The highest BCUT2D eigenvalue weighted by Crippen LogP contribution is 1.97. The van der Waals surface area contributed by atoms with Crippen molar-refractivity contribution in [2.24, 2.45) is 0 Å². The van der Waals surface area contributed by atoms with Crippen LogP contribution in [0.4, 0.5) is 0 Å². The van der Waals surface area contributed by atoms with Crippen LogP contribution in [0.15, 0.2) is 0 Å². The molecule has 0 aliphatic heterocycles. The third kappa shape index (κ3) is 6.02. The first-order valence-corrected chi connectivity index (χ1v) is 6.46. The van der Waals surface area contributed by atoms with Crippen LogP contribution in [0.3, 0.4) is 0 Å². The summed E-state index contributed by atoms with van der Waals surface area (Å²) in [5, 5.41) is 9.13. The standard InChI is InChI=1S/C6H16O2Si/c1-8-4-6(7)5-9(2)3/h6-7,9H,4-5H2,1-3H3. The molecule has 0 aromatic rings. The second kappa shape index (κ2) is 4.96. The molecule has 0 rings (SSSR count). The molecular formula is C6H16O2Si. The average molecular weight is 148 g/mol. The smallest absolute Gasteiger partial charge is 0.0747 e. The molecule has 0 spiro atoms. The summed E-state index contributed by atoms with van der Waals surface area (Å²) in [7, 11) is 1.03. The minimum atomic E-state index is -0.590. The molecule has 0 aromatic carbocycles. The average Bonchev–Trinajstić information content (AvgIpc) is 1.63. The molecule has 9 heavy (non-hydrogen) atoms. The van der Waals surface area contributed by atoms with Crippen molar-refractivity contribution in [2.75, 3.05) is 13.7 Å². The second-order valence-corrected chi connectivity index (χ2v) is 6.00. The minimum Gasteiger partial charge on any atom is -0.391 e. The van der Waals surface area contributed by atoms with Gasteiger partial charge in [-0.25, -0.2) is 0 Å². The van der Waals surface area contributed by atoms with Crippen LogP contribution in [0.2, 0.25) is 19.1 Å². The van der Waals surface area contributed by atoms with Crippen LogP contribution in [0.25, 0.3) is 0 Å². The predicted octanol–water partition coefficient (Wildman–Crippen LogP) is 0.480. The lowest BCUT2D eigenvalue weighted by atomic mass is 10.4. The Labute approximate surface area is 58.4 Å². The Balaban J connectivity index is 3.15. The van der Waals surface area contributed by atoms with Gasteiger partial charge in [-0.3, -0.25) is 0 Å². The SMILES string of the molecule is COCC(O)C[SiH](C)C. The topological polar surface area (TPSA) is 29.5 Å². The number of rotatable bonds is 4. The molecular weight excluding hydrogens is 132 g/mol. The molecule has 0 amide bonds. The van der Waals surface area contributed by atoms with Crippen molar-refractivity contribution in [2.45, 2.75) is 25.2 Å². The van der Waals surface area contributed by atoms with Crippen LogP contribution < -0.4 is 0 Å². The largest absolute Gasteiger partial charge is 0.391 e. The summed E-state index contributed by atoms with van der Waals surface area (Å²) in [6.07, 6.45) is -0.221. The van der Waals surface area contributed by atoms with E-state index in [1.807, 2.05) is 0 Å². The summed E-state index contributed by atoms with van der Waals surface area (Å²) < 4.78 is 4.78. The molecule has 0 saturated heterocycles. The molecule has 1 atom stereocenters. The van der Waals surface area contributed by atoms with Crippen LogP contribution in [0.1, 0.15) is 0 Å². The van der Waals surface area contributed by atoms with Crippen LogP contribution >= 0.6 is 0 Å². The minimum absolute atomic E-state index is 0.221. The molecule has 0 saturated carbocycles. The maximum Gasteiger partial charge on any atom is 0.0747 e. The molecule has 0 aromatic heterocycles. The second-order valence-electron chi connectivity index (χ2n) is 2.74. The quantitative estimate of drug-likeness (QED) is 0.588. The van der Waals surface area contributed by atoms with E-state index in [0.29, 0.717) is 6.61 Å². The summed E-state index contributed by atoms with van der Waals surface area (Å²) in [5.41, 5.74) is 0. The van der Waals surface area contributed by atoms with Gasteiger partial charge in [-0.05, 0) is 6.04 Å². The lowest BCUT2D eigenvalue weighted by molar-refractivity contribution is 0.0762. The fourth-order valence-corrected chi connectivity index (χ4v) is 2.03. The Morgan fingerprint density at radius 3 is 2.44 bits per heavy atom. The van der Waals surface area contributed by atoms with Gasteiger partial charge in [-0.15, -0.1) is 0 Å². The van der Waals surface area contributed by atoms with E-state index in [1.54, 1.807) is 7.11 Å². The van der Waals surface area contributed by atoms with Crippen molar-refractivity contribution in [3.05, 3.63) is 0 Å². The summed E-state index contributed by atoms with van der Waals surface area (Å²) >= 11 is 0. The first-order chi connectivity index (χ1) is 4.16. The van der Waals surface area contributed by atoms with Crippen LogP contribution in [0.5, 0.6) is 0 Å². The van der Waals surface area contributed by atoms with E-state index in [4.69, 9.17) is 9.84 Å². The molecule has 0 heterocycles. The molecule has 0 fully saturated rings. The fraction of sp³-hybridized carbons (Fsp3) is 1.00. The molecule has 2 nitrogen and oxygen atoms in total. The third-order valence-electron chi connectivity index (χ3n) is 1.10. The van der Waals surface area contributed by atoms with E-state index in [9.17, 15) is 0 Å². The van der Waals surface area contributed by atoms with Gasteiger partial charge < -0.3 is 9.84 Å². The zero-order valence-electron chi connectivity index (χ0n) is 6.42. The fourth-order valence-electron chi connectivity index (χ4n) is 0.805. The number of ether oxygens (including phenoxy) is 1. The molecule has 0 radical (unpaired) electrons.